The SMILES string of the molecule is Cc1ncnc(N2CCC(Nc3ccnc(C4CC4)n3)C2)c1F. The van der Waals surface area contributed by atoms with Gasteiger partial charge in [0.2, 0.25) is 0 Å². The zero-order valence-electron chi connectivity index (χ0n) is 13.0. The predicted molar refractivity (Wildman–Crippen MR) is 85.0 cm³/mol. The van der Waals surface area contributed by atoms with Crippen molar-refractivity contribution < 1.29 is 4.39 Å². The molecule has 0 aromatic carbocycles. The molecule has 1 aliphatic carbocycles. The molecule has 2 fully saturated rings. The summed E-state index contributed by atoms with van der Waals surface area (Å²) in [5, 5.41) is 3.44. The van der Waals surface area contributed by atoms with Crippen LogP contribution in [-0.4, -0.2) is 39.1 Å². The van der Waals surface area contributed by atoms with E-state index >= 15 is 0 Å². The molecular weight excluding hydrogens is 295 g/mol. The molecule has 1 saturated heterocycles. The molecule has 120 valence electrons. The van der Waals surface area contributed by atoms with Crippen LogP contribution in [-0.2, 0) is 0 Å². The maximum Gasteiger partial charge on any atom is 0.186 e. The Morgan fingerprint density at radius 3 is 2.91 bits per heavy atom. The number of anilines is 2. The smallest absolute Gasteiger partial charge is 0.186 e. The number of aryl methyl sites for hydroxylation is 1. The van der Waals surface area contributed by atoms with E-state index in [0.29, 0.717) is 24.0 Å². The van der Waals surface area contributed by atoms with Crippen LogP contribution in [0.2, 0.25) is 0 Å². The second kappa shape index (κ2) is 5.72. The minimum Gasteiger partial charge on any atom is -0.365 e. The van der Waals surface area contributed by atoms with E-state index in [1.807, 2.05) is 17.2 Å². The summed E-state index contributed by atoms with van der Waals surface area (Å²) in [5.41, 5.74) is 0.385. The highest BCUT2D eigenvalue weighted by atomic mass is 19.1. The Balaban J connectivity index is 1.44. The number of aromatic nitrogens is 4. The van der Waals surface area contributed by atoms with Crippen molar-refractivity contribution in [1.82, 2.24) is 19.9 Å². The zero-order valence-corrected chi connectivity index (χ0v) is 13.0. The van der Waals surface area contributed by atoms with E-state index in [1.54, 1.807) is 6.92 Å². The largest absolute Gasteiger partial charge is 0.365 e. The quantitative estimate of drug-likeness (QED) is 0.934. The van der Waals surface area contributed by atoms with Crippen LogP contribution in [0.25, 0.3) is 0 Å². The third kappa shape index (κ3) is 2.95. The summed E-state index contributed by atoms with van der Waals surface area (Å²) < 4.78 is 14.1. The van der Waals surface area contributed by atoms with E-state index in [1.165, 1.54) is 19.2 Å². The number of nitrogens with one attached hydrogen (secondary N) is 1. The van der Waals surface area contributed by atoms with Gasteiger partial charge < -0.3 is 10.2 Å². The first-order valence-electron chi connectivity index (χ1n) is 8.02. The molecule has 0 amide bonds. The second-order valence-electron chi connectivity index (χ2n) is 6.25. The fourth-order valence-electron chi connectivity index (χ4n) is 2.94. The molecule has 1 saturated carbocycles. The van der Waals surface area contributed by atoms with E-state index in [0.717, 1.165) is 24.6 Å². The lowest BCUT2D eigenvalue weighted by Crippen LogP contribution is -2.28. The lowest BCUT2D eigenvalue weighted by Gasteiger charge is -2.19. The molecule has 1 aliphatic heterocycles. The van der Waals surface area contributed by atoms with Crippen molar-refractivity contribution in [3.63, 3.8) is 0 Å². The van der Waals surface area contributed by atoms with Crippen LogP contribution in [0.1, 0.15) is 36.7 Å². The highest BCUT2D eigenvalue weighted by Crippen LogP contribution is 2.38. The molecule has 23 heavy (non-hydrogen) atoms. The average molecular weight is 314 g/mol. The average Bonchev–Trinajstić information content (AvgIpc) is 3.31. The van der Waals surface area contributed by atoms with Crippen molar-refractivity contribution in [2.45, 2.75) is 38.1 Å². The Kier molecular flexibility index (Phi) is 3.55. The Morgan fingerprint density at radius 1 is 1.22 bits per heavy atom. The Hall–Kier alpha value is -2.31. The molecule has 7 heteroatoms. The predicted octanol–water partition coefficient (Wildman–Crippen LogP) is 2.28. The van der Waals surface area contributed by atoms with E-state index in [9.17, 15) is 4.39 Å². The van der Waals surface area contributed by atoms with Gasteiger partial charge in [-0.25, -0.2) is 24.3 Å². The molecule has 2 aromatic rings. The number of halogens is 1. The molecule has 0 radical (unpaired) electrons. The summed E-state index contributed by atoms with van der Waals surface area (Å²) in [6, 6.07) is 2.12. The van der Waals surface area contributed by atoms with Crippen molar-refractivity contribution in [2.24, 2.45) is 0 Å². The minimum absolute atomic E-state index is 0.228. The van der Waals surface area contributed by atoms with Crippen LogP contribution in [0, 0.1) is 12.7 Å². The third-order valence-electron chi connectivity index (χ3n) is 4.40. The fraction of sp³-hybridized carbons (Fsp3) is 0.500. The molecule has 6 nitrogen and oxygen atoms in total. The van der Waals surface area contributed by atoms with Crippen LogP contribution >= 0.6 is 0 Å². The van der Waals surface area contributed by atoms with Crippen molar-refractivity contribution in [2.75, 3.05) is 23.3 Å². The molecule has 4 rings (SSSR count). The molecule has 2 aliphatic rings. The van der Waals surface area contributed by atoms with E-state index < -0.39 is 0 Å². The highest BCUT2D eigenvalue weighted by Gasteiger charge is 2.28. The van der Waals surface area contributed by atoms with Crippen LogP contribution in [0.15, 0.2) is 18.6 Å². The van der Waals surface area contributed by atoms with Gasteiger partial charge in [-0.1, -0.05) is 0 Å². The first kappa shape index (κ1) is 14.3. The number of hydrogen-bond donors (Lipinski definition) is 1. The standard InChI is InChI=1S/C16H19FN6/c1-10-14(17)16(20-9-19-10)23-7-5-12(8-23)21-13-4-6-18-15(22-13)11-2-3-11/h4,6,9,11-12H,2-3,5,7-8H2,1H3,(H,18,21,22). The first-order chi connectivity index (χ1) is 11.2. The van der Waals surface area contributed by atoms with Gasteiger partial charge in [0.1, 0.15) is 18.0 Å². The monoisotopic (exact) mass is 314 g/mol. The molecule has 3 heterocycles. The minimum atomic E-state index is -0.328. The van der Waals surface area contributed by atoms with Crippen LogP contribution < -0.4 is 10.2 Å². The lowest BCUT2D eigenvalue weighted by molar-refractivity contribution is 0.596. The van der Waals surface area contributed by atoms with Gasteiger partial charge in [-0.2, -0.15) is 0 Å². The Bertz CT molecular complexity index is 717. The van der Waals surface area contributed by atoms with Crippen molar-refractivity contribution in [3.05, 3.63) is 35.9 Å². The summed E-state index contributed by atoms with van der Waals surface area (Å²) in [4.78, 5) is 18.9. The first-order valence-corrected chi connectivity index (χ1v) is 8.02. The summed E-state index contributed by atoms with van der Waals surface area (Å²) in [5.74, 6) is 2.39. The molecular formula is C16H19FN6. The Morgan fingerprint density at radius 2 is 2.09 bits per heavy atom. The van der Waals surface area contributed by atoms with Gasteiger partial charge in [0.25, 0.3) is 0 Å². The topological polar surface area (TPSA) is 66.8 Å². The molecule has 2 aromatic heterocycles. The van der Waals surface area contributed by atoms with Gasteiger partial charge >= 0.3 is 0 Å². The number of hydrogen-bond acceptors (Lipinski definition) is 6. The van der Waals surface area contributed by atoms with Gasteiger partial charge in [0.15, 0.2) is 11.6 Å². The lowest BCUT2D eigenvalue weighted by atomic mass is 10.2. The zero-order chi connectivity index (χ0) is 15.8. The summed E-state index contributed by atoms with van der Waals surface area (Å²) in [6.45, 7) is 3.13. The van der Waals surface area contributed by atoms with E-state index in [2.05, 4.69) is 25.3 Å². The van der Waals surface area contributed by atoms with Crippen LogP contribution in [0.4, 0.5) is 16.0 Å². The Labute approximate surface area is 134 Å². The van der Waals surface area contributed by atoms with Crippen molar-refractivity contribution in [3.8, 4) is 0 Å². The van der Waals surface area contributed by atoms with Crippen molar-refractivity contribution in [1.29, 1.82) is 0 Å². The summed E-state index contributed by atoms with van der Waals surface area (Å²) in [7, 11) is 0. The fourth-order valence-corrected chi connectivity index (χ4v) is 2.94. The summed E-state index contributed by atoms with van der Waals surface area (Å²) in [6.07, 6.45) is 6.52. The highest BCUT2D eigenvalue weighted by molar-refractivity contribution is 5.44. The molecule has 1 unspecified atom stereocenters. The number of nitrogens with zero attached hydrogens (tertiary/aromatic N) is 5. The molecule has 1 atom stereocenters. The molecule has 1 N–H and O–H groups in total. The van der Waals surface area contributed by atoms with Gasteiger partial charge in [0, 0.05) is 31.2 Å². The van der Waals surface area contributed by atoms with Gasteiger partial charge in [0.05, 0.1) is 5.69 Å². The van der Waals surface area contributed by atoms with Crippen LogP contribution in [0.3, 0.4) is 0 Å². The second-order valence-corrected chi connectivity index (χ2v) is 6.25. The molecule has 0 bridgehead atoms. The molecule has 0 spiro atoms. The van der Waals surface area contributed by atoms with Crippen molar-refractivity contribution >= 4 is 11.6 Å². The maximum atomic E-state index is 14.1. The third-order valence-corrected chi connectivity index (χ3v) is 4.40. The van der Waals surface area contributed by atoms with E-state index in [-0.39, 0.29) is 11.9 Å². The normalized spacial score (nSPS) is 20.8. The van der Waals surface area contributed by atoms with Gasteiger partial charge in [-0.05, 0) is 32.3 Å². The van der Waals surface area contributed by atoms with Gasteiger partial charge in [-0.3, -0.25) is 0 Å². The number of rotatable bonds is 4. The summed E-state index contributed by atoms with van der Waals surface area (Å²) >= 11 is 0. The van der Waals surface area contributed by atoms with Gasteiger partial charge in [-0.15, -0.1) is 0 Å². The van der Waals surface area contributed by atoms with E-state index in [4.69, 9.17) is 0 Å². The van der Waals surface area contributed by atoms with Crippen LogP contribution in [0.5, 0.6) is 0 Å². The maximum absolute atomic E-state index is 14.1.